The highest BCUT2D eigenvalue weighted by Gasteiger charge is 2.06. The smallest absolute Gasteiger partial charge is 0.188 e. The van der Waals surface area contributed by atoms with Gasteiger partial charge in [0.1, 0.15) is 0 Å². The summed E-state index contributed by atoms with van der Waals surface area (Å²) in [4.78, 5) is 8.51. The zero-order chi connectivity index (χ0) is 11.1. The molecule has 16 heavy (non-hydrogen) atoms. The molecular formula is C10H19IN4S. The maximum atomic E-state index is 5.68. The first-order chi connectivity index (χ1) is 7.24. The SMILES string of the molecule is CCCNC(N)=NCC(C)c1nccs1.I. The molecule has 0 radical (unpaired) electrons. The van der Waals surface area contributed by atoms with Gasteiger partial charge in [-0.3, -0.25) is 4.99 Å². The maximum absolute atomic E-state index is 5.68. The molecule has 0 aliphatic rings. The number of aliphatic imine (C=N–C) groups is 1. The lowest BCUT2D eigenvalue weighted by molar-refractivity contribution is 0.753. The molecule has 0 aliphatic heterocycles. The Hall–Kier alpha value is -0.370. The van der Waals surface area contributed by atoms with Gasteiger partial charge in [-0.2, -0.15) is 0 Å². The molecule has 1 atom stereocenters. The summed E-state index contributed by atoms with van der Waals surface area (Å²) >= 11 is 1.66. The molecule has 0 saturated carbocycles. The third-order valence-corrected chi connectivity index (χ3v) is 2.97. The Morgan fingerprint density at radius 1 is 1.69 bits per heavy atom. The zero-order valence-electron chi connectivity index (χ0n) is 9.64. The van der Waals surface area contributed by atoms with Crippen LogP contribution in [0.4, 0.5) is 0 Å². The lowest BCUT2D eigenvalue weighted by atomic mass is 10.2. The van der Waals surface area contributed by atoms with Gasteiger partial charge in [0.2, 0.25) is 0 Å². The number of hydrogen-bond acceptors (Lipinski definition) is 3. The minimum Gasteiger partial charge on any atom is -0.370 e. The normalized spacial score (nSPS) is 13.0. The van der Waals surface area contributed by atoms with E-state index in [1.807, 2.05) is 11.6 Å². The van der Waals surface area contributed by atoms with E-state index in [1.54, 1.807) is 11.3 Å². The van der Waals surface area contributed by atoms with Gasteiger partial charge in [-0.05, 0) is 6.42 Å². The highest BCUT2D eigenvalue weighted by atomic mass is 127. The number of guanidine groups is 1. The standard InChI is InChI=1S/C10H18N4S.HI/c1-3-4-13-10(11)14-7-8(2)9-12-5-6-15-9;/h5-6,8H,3-4,7H2,1-2H3,(H3,11,13,14);1H. The number of hydrogen-bond donors (Lipinski definition) is 2. The molecule has 6 heteroatoms. The van der Waals surface area contributed by atoms with E-state index in [2.05, 4.69) is 29.1 Å². The Morgan fingerprint density at radius 3 is 3.00 bits per heavy atom. The second-order valence-corrected chi connectivity index (χ2v) is 4.35. The summed E-state index contributed by atoms with van der Waals surface area (Å²) in [5.74, 6) is 0.868. The summed E-state index contributed by atoms with van der Waals surface area (Å²) in [5, 5.41) is 6.14. The van der Waals surface area contributed by atoms with Crippen molar-refractivity contribution in [1.82, 2.24) is 10.3 Å². The summed E-state index contributed by atoms with van der Waals surface area (Å²) in [7, 11) is 0. The van der Waals surface area contributed by atoms with Crippen LogP contribution in [0.2, 0.25) is 0 Å². The fourth-order valence-corrected chi connectivity index (χ4v) is 1.79. The van der Waals surface area contributed by atoms with Gasteiger partial charge in [0.15, 0.2) is 5.96 Å². The first-order valence-corrected chi connectivity index (χ1v) is 6.05. The summed E-state index contributed by atoms with van der Waals surface area (Å²) in [5.41, 5.74) is 5.68. The van der Waals surface area contributed by atoms with E-state index in [-0.39, 0.29) is 24.0 Å². The van der Waals surface area contributed by atoms with Gasteiger partial charge >= 0.3 is 0 Å². The molecule has 1 heterocycles. The lowest BCUT2D eigenvalue weighted by Crippen LogP contribution is -2.32. The highest BCUT2D eigenvalue weighted by Crippen LogP contribution is 2.17. The largest absolute Gasteiger partial charge is 0.370 e. The number of nitrogens with one attached hydrogen (secondary N) is 1. The van der Waals surface area contributed by atoms with Crippen LogP contribution >= 0.6 is 35.3 Å². The Bertz CT molecular complexity index is 300. The van der Waals surface area contributed by atoms with Crippen molar-refractivity contribution >= 4 is 41.3 Å². The third-order valence-electron chi connectivity index (χ3n) is 1.96. The molecule has 1 rings (SSSR count). The molecule has 0 amide bonds. The molecule has 3 N–H and O–H groups in total. The van der Waals surface area contributed by atoms with Gasteiger partial charge in [-0.1, -0.05) is 13.8 Å². The number of halogens is 1. The van der Waals surface area contributed by atoms with Gasteiger partial charge in [0.05, 0.1) is 11.6 Å². The highest BCUT2D eigenvalue weighted by molar-refractivity contribution is 14.0. The van der Waals surface area contributed by atoms with Crippen molar-refractivity contribution in [2.45, 2.75) is 26.2 Å². The molecular weight excluding hydrogens is 335 g/mol. The van der Waals surface area contributed by atoms with Crippen molar-refractivity contribution in [1.29, 1.82) is 0 Å². The van der Waals surface area contributed by atoms with Crippen LogP contribution in [0.25, 0.3) is 0 Å². The fourth-order valence-electron chi connectivity index (χ4n) is 1.10. The van der Waals surface area contributed by atoms with E-state index in [0.717, 1.165) is 18.0 Å². The molecule has 0 spiro atoms. The van der Waals surface area contributed by atoms with Crippen molar-refractivity contribution in [3.05, 3.63) is 16.6 Å². The summed E-state index contributed by atoms with van der Waals surface area (Å²) in [6.07, 6.45) is 2.87. The second kappa shape index (κ2) is 8.74. The maximum Gasteiger partial charge on any atom is 0.188 e. The number of rotatable bonds is 5. The number of thiazole rings is 1. The monoisotopic (exact) mass is 354 g/mol. The number of nitrogens with zero attached hydrogens (tertiary/aromatic N) is 2. The molecule has 0 aromatic carbocycles. The molecule has 0 fully saturated rings. The minimum absolute atomic E-state index is 0. The summed E-state index contributed by atoms with van der Waals surface area (Å²) in [6.45, 7) is 5.77. The van der Waals surface area contributed by atoms with Crippen molar-refractivity contribution in [3.63, 3.8) is 0 Å². The average Bonchev–Trinajstić information content (AvgIpc) is 2.76. The van der Waals surface area contributed by atoms with Gasteiger partial charge in [-0.15, -0.1) is 35.3 Å². The minimum atomic E-state index is 0. The van der Waals surface area contributed by atoms with Crippen LogP contribution in [0.3, 0.4) is 0 Å². The van der Waals surface area contributed by atoms with Gasteiger partial charge in [-0.25, -0.2) is 4.98 Å². The zero-order valence-corrected chi connectivity index (χ0v) is 12.8. The predicted octanol–water partition coefficient (Wildman–Crippen LogP) is 2.18. The molecule has 0 aliphatic carbocycles. The molecule has 4 nitrogen and oxygen atoms in total. The summed E-state index contributed by atoms with van der Waals surface area (Å²) < 4.78 is 0. The van der Waals surface area contributed by atoms with Crippen LogP contribution in [0.5, 0.6) is 0 Å². The van der Waals surface area contributed by atoms with E-state index in [4.69, 9.17) is 5.73 Å². The average molecular weight is 354 g/mol. The van der Waals surface area contributed by atoms with Crippen LogP contribution in [0.15, 0.2) is 16.6 Å². The second-order valence-electron chi connectivity index (χ2n) is 3.42. The van der Waals surface area contributed by atoms with Gasteiger partial charge in [0, 0.05) is 24.0 Å². The molecule has 0 bridgehead atoms. The summed E-state index contributed by atoms with van der Waals surface area (Å²) in [6, 6.07) is 0. The van der Waals surface area contributed by atoms with Crippen LogP contribution in [0, 0.1) is 0 Å². The molecule has 1 unspecified atom stereocenters. The van der Waals surface area contributed by atoms with Crippen molar-refractivity contribution in [3.8, 4) is 0 Å². The number of aromatic nitrogens is 1. The van der Waals surface area contributed by atoms with E-state index in [9.17, 15) is 0 Å². The Balaban J connectivity index is 0.00000225. The van der Waals surface area contributed by atoms with Crippen molar-refractivity contribution < 1.29 is 0 Å². The van der Waals surface area contributed by atoms with Crippen molar-refractivity contribution in [2.24, 2.45) is 10.7 Å². The van der Waals surface area contributed by atoms with Crippen LogP contribution < -0.4 is 11.1 Å². The first kappa shape index (κ1) is 15.6. The van der Waals surface area contributed by atoms with E-state index >= 15 is 0 Å². The van der Waals surface area contributed by atoms with Crippen LogP contribution in [0.1, 0.15) is 31.2 Å². The Morgan fingerprint density at radius 2 is 2.44 bits per heavy atom. The van der Waals surface area contributed by atoms with Crippen LogP contribution in [-0.2, 0) is 0 Å². The lowest BCUT2D eigenvalue weighted by Gasteiger charge is -2.06. The molecule has 0 saturated heterocycles. The van der Waals surface area contributed by atoms with Gasteiger partial charge < -0.3 is 11.1 Å². The fraction of sp³-hybridized carbons (Fsp3) is 0.600. The quantitative estimate of drug-likeness (QED) is 0.484. The number of nitrogens with two attached hydrogens (primary N) is 1. The Labute approximate surface area is 118 Å². The van der Waals surface area contributed by atoms with Crippen LogP contribution in [-0.4, -0.2) is 24.0 Å². The first-order valence-electron chi connectivity index (χ1n) is 5.17. The van der Waals surface area contributed by atoms with E-state index in [0.29, 0.717) is 18.4 Å². The molecule has 92 valence electrons. The van der Waals surface area contributed by atoms with Gasteiger partial charge in [0.25, 0.3) is 0 Å². The molecule has 1 aromatic rings. The van der Waals surface area contributed by atoms with E-state index < -0.39 is 0 Å². The van der Waals surface area contributed by atoms with E-state index in [1.165, 1.54) is 0 Å². The van der Waals surface area contributed by atoms with Crippen molar-refractivity contribution in [2.75, 3.05) is 13.1 Å². The third kappa shape index (κ3) is 5.64. The Kier molecular flexibility index (Phi) is 8.54. The predicted molar refractivity (Wildman–Crippen MR) is 80.7 cm³/mol. The molecule has 1 aromatic heterocycles. The topological polar surface area (TPSA) is 63.3 Å².